The Bertz CT molecular complexity index is 1080. The molecule has 1 N–H and O–H groups in total. The van der Waals surface area contributed by atoms with E-state index in [0.717, 1.165) is 12.0 Å². The van der Waals surface area contributed by atoms with Gasteiger partial charge in [-0.1, -0.05) is 26.0 Å². The molecular weight excluding hydrogens is 402 g/mol. The van der Waals surface area contributed by atoms with E-state index in [-0.39, 0.29) is 22.9 Å². The van der Waals surface area contributed by atoms with E-state index in [1.165, 1.54) is 0 Å². The molecule has 7 nitrogen and oxygen atoms in total. The second-order valence-corrected chi connectivity index (χ2v) is 10.9. The summed E-state index contributed by atoms with van der Waals surface area (Å²) in [5, 5.41) is 0. The third kappa shape index (κ3) is 3.26. The molecule has 0 spiro atoms. The molecule has 2 aromatic rings. The van der Waals surface area contributed by atoms with Gasteiger partial charge in [0.05, 0.1) is 12.9 Å². The van der Waals surface area contributed by atoms with E-state index < -0.39 is 21.5 Å². The monoisotopic (exact) mass is 431 g/mol. The van der Waals surface area contributed by atoms with Crippen LogP contribution in [0.1, 0.15) is 50.5 Å². The number of benzene rings is 1. The highest BCUT2D eigenvalue weighted by atomic mass is 32.2. The number of methoxy groups -OCH3 is 1. The van der Waals surface area contributed by atoms with E-state index in [4.69, 9.17) is 4.74 Å². The number of rotatable bonds is 7. The van der Waals surface area contributed by atoms with Crippen LogP contribution >= 0.6 is 0 Å². The normalized spacial score (nSPS) is 26.1. The summed E-state index contributed by atoms with van der Waals surface area (Å²) in [5.41, 5.74) is -0.400. The van der Waals surface area contributed by atoms with Crippen molar-refractivity contribution in [2.45, 2.75) is 39.2 Å². The molecule has 0 radical (unpaired) electrons. The lowest BCUT2D eigenvalue weighted by atomic mass is 9.70. The number of aromatic nitrogens is 2. The van der Waals surface area contributed by atoms with Crippen LogP contribution in [0.4, 0.5) is 0 Å². The topological polar surface area (TPSA) is 90.3 Å². The fraction of sp³-hybridized carbons (Fsp3) is 0.545. The molecule has 8 heteroatoms. The standard InChI is InChI=1S/C22H29N3O4S/c1-21(2)16-8-9-22(21,18(26)13-16)14-30(27,28)24-19(20-23-10-11-25(20)3)15-6-5-7-17(12-15)29-4/h5-7,10-12,16,19,24H,8-9,13-14H2,1-4H3/t16-,19-,22-/m0/s1. The van der Waals surface area contributed by atoms with E-state index in [1.54, 1.807) is 30.1 Å². The lowest BCUT2D eigenvalue weighted by molar-refractivity contribution is -0.128. The Kier molecular flexibility index (Phi) is 5.05. The summed E-state index contributed by atoms with van der Waals surface area (Å²) in [5.74, 6) is 1.38. The number of sulfonamides is 1. The van der Waals surface area contributed by atoms with Gasteiger partial charge in [-0.25, -0.2) is 18.1 Å². The lowest BCUT2D eigenvalue weighted by Crippen LogP contribution is -2.46. The van der Waals surface area contributed by atoms with Gasteiger partial charge in [0.15, 0.2) is 0 Å². The Labute approximate surface area is 177 Å². The van der Waals surface area contributed by atoms with Crippen molar-refractivity contribution in [3.05, 3.63) is 48.0 Å². The highest BCUT2D eigenvalue weighted by Gasteiger charge is 2.65. The first-order valence-corrected chi connectivity index (χ1v) is 11.9. The number of nitrogens with one attached hydrogen (secondary N) is 1. The van der Waals surface area contributed by atoms with Gasteiger partial charge in [-0.15, -0.1) is 0 Å². The highest BCUT2D eigenvalue weighted by Crippen LogP contribution is 2.64. The van der Waals surface area contributed by atoms with Crippen LogP contribution in [0.2, 0.25) is 0 Å². The Balaban J connectivity index is 1.69. The molecule has 2 aliphatic rings. The van der Waals surface area contributed by atoms with Crippen molar-refractivity contribution in [3.63, 3.8) is 0 Å². The number of carbonyl (C=O) groups is 1. The molecule has 1 heterocycles. The molecule has 3 atom stereocenters. The average molecular weight is 432 g/mol. The molecule has 1 aromatic heterocycles. The Morgan fingerprint density at radius 2 is 2.13 bits per heavy atom. The van der Waals surface area contributed by atoms with Crippen LogP contribution in [0.3, 0.4) is 0 Å². The summed E-state index contributed by atoms with van der Waals surface area (Å²) < 4.78 is 36.8. The maximum Gasteiger partial charge on any atom is 0.213 e. The van der Waals surface area contributed by atoms with Crippen molar-refractivity contribution in [2.75, 3.05) is 12.9 Å². The molecule has 4 rings (SSSR count). The van der Waals surface area contributed by atoms with Gasteiger partial charge in [-0.05, 0) is 41.9 Å². The minimum absolute atomic E-state index is 0.0871. The van der Waals surface area contributed by atoms with E-state index in [2.05, 4.69) is 9.71 Å². The molecule has 0 saturated heterocycles. The molecule has 2 bridgehead atoms. The van der Waals surface area contributed by atoms with E-state index in [9.17, 15) is 13.2 Å². The summed E-state index contributed by atoms with van der Waals surface area (Å²) >= 11 is 0. The zero-order chi connectivity index (χ0) is 21.7. The molecule has 162 valence electrons. The number of hydrogen-bond acceptors (Lipinski definition) is 5. The van der Waals surface area contributed by atoms with Gasteiger partial charge < -0.3 is 9.30 Å². The number of nitrogens with zero attached hydrogens (tertiary/aromatic N) is 2. The second kappa shape index (κ2) is 7.20. The summed E-state index contributed by atoms with van der Waals surface area (Å²) in [6.45, 7) is 4.09. The zero-order valence-electron chi connectivity index (χ0n) is 17.9. The van der Waals surface area contributed by atoms with Gasteiger partial charge in [0.1, 0.15) is 23.4 Å². The van der Waals surface area contributed by atoms with Gasteiger partial charge in [0.2, 0.25) is 10.0 Å². The van der Waals surface area contributed by atoms with Gasteiger partial charge in [0.25, 0.3) is 0 Å². The maximum absolute atomic E-state index is 13.4. The van der Waals surface area contributed by atoms with Crippen LogP contribution in [0.5, 0.6) is 5.75 Å². The highest BCUT2D eigenvalue weighted by molar-refractivity contribution is 7.89. The minimum atomic E-state index is -3.79. The Morgan fingerprint density at radius 1 is 1.37 bits per heavy atom. The quantitative estimate of drug-likeness (QED) is 0.728. The third-order valence-electron chi connectivity index (χ3n) is 7.42. The molecule has 30 heavy (non-hydrogen) atoms. The van der Waals surface area contributed by atoms with Crippen molar-refractivity contribution in [3.8, 4) is 5.75 Å². The number of carbonyl (C=O) groups excluding carboxylic acids is 1. The molecule has 2 aliphatic carbocycles. The summed E-state index contributed by atoms with van der Waals surface area (Å²) in [6, 6.07) is 6.60. The fourth-order valence-corrected chi connectivity index (χ4v) is 7.41. The van der Waals surface area contributed by atoms with Gasteiger partial charge in [0, 0.05) is 31.3 Å². The Hall–Kier alpha value is -2.19. The predicted molar refractivity (Wildman–Crippen MR) is 114 cm³/mol. The van der Waals surface area contributed by atoms with Crippen molar-refractivity contribution in [1.82, 2.24) is 14.3 Å². The van der Waals surface area contributed by atoms with Gasteiger partial charge in [-0.3, -0.25) is 4.79 Å². The number of imidazole rings is 1. The molecule has 1 aromatic carbocycles. The van der Waals surface area contributed by atoms with Crippen LogP contribution in [-0.4, -0.2) is 36.6 Å². The smallest absolute Gasteiger partial charge is 0.213 e. The fourth-order valence-electron chi connectivity index (χ4n) is 5.40. The number of ether oxygens (including phenoxy) is 1. The van der Waals surface area contributed by atoms with Crippen LogP contribution in [-0.2, 0) is 21.9 Å². The number of fused-ring (bicyclic) bond motifs is 2. The first kappa shape index (κ1) is 21.1. The molecule has 0 amide bonds. The zero-order valence-corrected chi connectivity index (χ0v) is 18.7. The first-order chi connectivity index (χ1) is 14.1. The molecular formula is C22H29N3O4S. The SMILES string of the molecule is COc1cccc([C@H](NS(=O)(=O)C[C@@]23CC[C@@H](CC2=O)C3(C)C)c2nccn2C)c1. The first-order valence-electron chi connectivity index (χ1n) is 10.2. The largest absolute Gasteiger partial charge is 0.497 e. The number of aryl methyl sites for hydroxylation is 1. The van der Waals surface area contributed by atoms with Crippen molar-refractivity contribution >= 4 is 15.8 Å². The molecule has 2 fully saturated rings. The summed E-state index contributed by atoms with van der Waals surface area (Å²) in [6.07, 6.45) is 5.45. The van der Waals surface area contributed by atoms with E-state index in [1.807, 2.05) is 39.1 Å². The summed E-state index contributed by atoms with van der Waals surface area (Å²) in [4.78, 5) is 17.2. The number of ketones is 1. The lowest BCUT2D eigenvalue weighted by Gasteiger charge is -2.36. The van der Waals surface area contributed by atoms with Crippen LogP contribution in [0, 0.1) is 16.7 Å². The van der Waals surface area contributed by atoms with Crippen molar-refractivity contribution in [1.29, 1.82) is 0 Å². The van der Waals surface area contributed by atoms with Gasteiger partial charge >= 0.3 is 0 Å². The Morgan fingerprint density at radius 3 is 2.70 bits per heavy atom. The molecule has 2 saturated carbocycles. The predicted octanol–water partition coefficient (Wildman–Crippen LogP) is 2.83. The van der Waals surface area contributed by atoms with E-state index >= 15 is 0 Å². The number of hydrogen-bond donors (Lipinski definition) is 1. The molecule has 0 aliphatic heterocycles. The summed E-state index contributed by atoms with van der Waals surface area (Å²) in [7, 11) is -0.389. The number of Topliss-reactive ketones (excluding diaryl/α,β-unsaturated/α-hetero) is 1. The molecule has 0 unspecified atom stereocenters. The van der Waals surface area contributed by atoms with E-state index in [0.29, 0.717) is 24.4 Å². The third-order valence-corrected chi connectivity index (χ3v) is 8.88. The van der Waals surface area contributed by atoms with Crippen LogP contribution in [0.25, 0.3) is 0 Å². The van der Waals surface area contributed by atoms with Gasteiger partial charge in [-0.2, -0.15) is 0 Å². The van der Waals surface area contributed by atoms with Crippen LogP contribution in [0.15, 0.2) is 36.7 Å². The van der Waals surface area contributed by atoms with Crippen molar-refractivity contribution < 1.29 is 17.9 Å². The average Bonchev–Trinajstić information content (AvgIpc) is 3.27. The van der Waals surface area contributed by atoms with Crippen molar-refractivity contribution in [2.24, 2.45) is 23.8 Å². The van der Waals surface area contributed by atoms with Crippen LogP contribution < -0.4 is 9.46 Å². The maximum atomic E-state index is 13.4. The second-order valence-electron chi connectivity index (χ2n) is 9.15. The minimum Gasteiger partial charge on any atom is -0.497 e.